The highest BCUT2D eigenvalue weighted by Gasteiger charge is 2.29. The summed E-state index contributed by atoms with van der Waals surface area (Å²) in [5, 5.41) is 15.8. The van der Waals surface area contributed by atoms with Gasteiger partial charge >= 0.3 is 12.0 Å². The molecule has 1 aromatic heterocycles. The van der Waals surface area contributed by atoms with E-state index in [1.54, 1.807) is 10.9 Å². The molecule has 21 heavy (non-hydrogen) atoms. The van der Waals surface area contributed by atoms with Crippen molar-refractivity contribution in [3.05, 3.63) is 17.5 Å². The first-order chi connectivity index (χ1) is 9.99. The summed E-state index contributed by atoms with van der Waals surface area (Å²) >= 11 is 0. The summed E-state index contributed by atoms with van der Waals surface area (Å²) in [6.45, 7) is 3.38. The van der Waals surface area contributed by atoms with E-state index in [9.17, 15) is 9.59 Å². The van der Waals surface area contributed by atoms with Gasteiger partial charge in [-0.15, -0.1) is 0 Å². The summed E-state index contributed by atoms with van der Waals surface area (Å²) in [5.41, 5.74) is 1.92. The van der Waals surface area contributed by atoms with Crippen LogP contribution in [0.1, 0.15) is 17.7 Å². The third kappa shape index (κ3) is 3.72. The summed E-state index contributed by atoms with van der Waals surface area (Å²) in [7, 11) is 1.84. The van der Waals surface area contributed by atoms with Crippen LogP contribution >= 0.6 is 0 Å². The summed E-state index contributed by atoms with van der Waals surface area (Å²) in [4.78, 5) is 24.6. The van der Waals surface area contributed by atoms with Crippen LogP contribution in [0.3, 0.4) is 0 Å². The molecule has 2 N–H and O–H groups in total. The summed E-state index contributed by atoms with van der Waals surface area (Å²) in [5.74, 6) is -0.939. The minimum Gasteiger partial charge on any atom is -0.481 e. The van der Waals surface area contributed by atoms with Gasteiger partial charge in [0.25, 0.3) is 0 Å². The molecular formula is C13H20N4O4. The standard InChI is InChI=1S/C13H20N4O4/c1-9-10(7-15-16(9)2)6-14-13(20)17-3-4-21-8-11(17)5-12(18)19/h7,11H,3-6,8H2,1-2H3,(H,14,20)(H,18,19). The van der Waals surface area contributed by atoms with Crippen molar-refractivity contribution in [1.82, 2.24) is 20.0 Å². The van der Waals surface area contributed by atoms with Gasteiger partial charge in [-0.05, 0) is 6.92 Å². The zero-order chi connectivity index (χ0) is 15.4. The lowest BCUT2D eigenvalue weighted by molar-refractivity contribution is -0.139. The molecule has 0 spiro atoms. The van der Waals surface area contributed by atoms with Crippen LogP contribution in [0.5, 0.6) is 0 Å². The molecule has 0 radical (unpaired) electrons. The van der Waals surface area contributed by atoms with Gasteiger partial charge in [0.05, 0.1) is 31.9 Å². The van der Waals surface area contributed by atoms with Crippen molar-refractivity contribution >= 4 is 12.0 Å². The van der Waals surface area contributed by atoms with Gasteiger partial charge in [-0.25, -0.2) is 4.79 Å². The Balaban J connectivity index is 1.94. The van der Waals surface area contributed by atoms with Crippen LogP contribution in [-0.2, 0) is 23.1 Å². The molecule has 1 aliphatic rings. The van der Waals surface area contributed by atoms with E-state index in [2.05, 4.69) is 10.4 Å². The number of morpholine rings is 1. The average Bonchev–Trinajstić information content (AvgIpc) is 2.76. The number of amides is 2. The van der Waals surface area contributed by atoms with E-state index in [0.29, 0.717) is 19.7 Å². The molecule has 1 saturated heterocycles. The van der Waals surface area contributed by atoms with E-state index in [-0.39, 0.29) is 19.1 Å². The van der Waals surface area contributed by atoms with Crippen LogP contribution in [0, 0.1) is 6.92 Å². The van der Waals surface area contributed by atoms with Crippen molar-refractivity contribution < 1.29 is 19.4 Å². The number of urea groups is 1. The Morgan fingerprint density at radius 1 is 1.57 bits per heavy atom. The second-order valence-electron chi connectivity index (χ2n) is 5.06. The lowest BCUT2D eigenvalue weighted by Gasteiger charge is -2.34. The molecular weight excluding hydrogens is 276 g/mol. The molecule has 0 aromatic carbocycles. The molecule has 1 aliphatic heterocycles. The topological polar surface area (TPSA) is 96.7 Å². The van der Waals surface area contributed by atoms with Crippen LogP contribution in [0.25, 0.3) is 0 Å². The first-order valence-corrected chi connectivity index (χ1v) is 6.80. The van der Waals surface area contributed by atoms with Crippen molar-refractivity contribution in [2.45, 2.75) is 25.9 Å². The largest absolute Gasteiger partial charge is 0.481 e. The quantitative estimate of drug-likeness (QED) is 0.822. The van der Waals surface area contributed by atoms with Crippen LogP contribution in [0.4, 0.5) is 4.79 Å². The number of rotatable bonds is 4. The maximum Gasteiger partial charge on any atom is 0.318 e. The summed E-state index contributed by atoms with van der Waals surface area (Å²) < 4.78 is 6.99. The molecule has 0 saturated carbocycles. The molecule has 2 amide bonds. The molecule has 1 fully saturated rings. The molecule has 1 atom stereocenters. The highest BCUT2D eigenvalue weighted by Crippen LogP contribution is 2.12. The SMILES string of the molecule is Cc1c(CNC(=O)N2CCOCC2CC(=O)O)cnn1C. The minimum atomic E-state index is -0.939. The molecule has 0 bridgehead atoms. The fourth-order valence-electron chi connectivity index (χ4n) is 2.28. The maximum atomic E-state index is 12.2. The van der Waals surface area contributed by atoms with E-state index < -0.39 is 12.0 Å². The number of hydrogen-bond acceptors (Lipinski definition) is 4. The van der Waals surface area contributed by atoms with E-state index in [1.165, 1.54) is 4.90 Å². The van der Waals surface area contributed by atoms with Crippen molar-refractivity contribution in [2.75, 3.05) is 19.8 Å². The lowest BCUT2D eigenvalue weighted by atomic mass is 10.1. The van der Waals surface area contributed by atoms with Crippen LogP contribution < -0.4 is 5.32 Å². The molecule has 1 aromatic rings. The number of nitrogens with one attached hydrogen (secondary N) is 1. The number of aromatic nitrogens is 2. The smallest absolute Gasteiger partial charge is 0.318 e. The Labute approximate surface area is 122 Å². The number of aryl methyl sites for hydroxylation is 1. The highest BCUT2D eigenvalue weighted by atomic mass is 16.5. The number of carbonyl (C=O) groups excluding carboxylic acids is 1. The van der Waals surface area contributed by atoms with Crippen molar-refractivity contribution in [2.24, 2.45) is 7.05 Å². The number of carbonyl (C=O) groups is 2. The second kappa shape index (κ2) is 6.57. The van der Waals surface area contributed by atoms with E-state index in [0.717, 1.165) is 11.3 Å². The minimum absolute atomic E-state index is 0.112. The number of ether oxygens (including phenoxy) is 1. The Morgan fingerprint density at radius 2 is 2.33 bits per heavy atom. The van der Waals surface area contributed by atoms with Gasteiger partial charge in [0.1, 0.15) is 0 Å². The fourth-order valence-corrected chi connectivity index (χ4v) is 2.28. The van der Waals surface area contributed by atoms with Crippen molar-refractivity contribution in [1.29, 1.82) is 0 Å². The van der Waals surface area contributed by atoms with Crippen LogP contribution in [-0.4, -0.2) is 57.6 Å². The van der Waals surface area contributed by atoms with E-state index in [4.69, 9.17) is 9.84 Å². The zero-order valence-corrected chi connectivity index (χ0v) is 12.2. The summed E-state index contributed by atoms with van der Waals surface area (Å²) in [6, 6.07) is -0.695. The van der Waals surface area contributed by atoms with Gasteiger partial charge in [0, 0.05) is 31.4 Å². The second-order valence-corrected chi connectivity index (χ2v) is 5.06. The average molecular weight is 296 g/mol. The monoisotopic (exact) mass is 296 g/mol. The van der Waals surface area contributed by atoms with Gasteiger partial charge in [-0.1, -0.05) is 0 Å². The Bertz CT molecular complexity index is 528. The number of aliphatic carboxylic acids is 1. The predicted molar refractivity (Wildman–Crippen MR) is 73.7 cm³/mol. The Kier molecular flexibility index (Phi) is 4.79. The van der Waals surface area contributed by atoms with E-state index in [1.807, 2.05) is 14.0 Å². The number of nitrogens with zero attached hydrogens (tertiary/aromatic N) is 3. The van der Waals surface area contributed by atoms with Gasteiger partial charge in [0.2, 0.25) is 0 Å². The van der Waals surface area contributed by atoms with Crippen LogP contribution in [0.15, 0.2) is 6.20 Å². The first kappa shape index (κ1) is 15.3. The highest BCUT2D eigenvalue weighted by molar-refractivity contribution is 5.76. The van der Waals surface area contributed by atoms with Gasteiger partial charge in [-0.2, -0.15) is 5.10 Å². The van der Waals surface area contributed by atoms with Crippen molar-refractivity contribution in [3.63, 3.8) is 0 Å². The van der Waals surface area contributed by atoms with Gasteiger partial charge in [-0.3, -0.25) is 9.48 Å². The van der Waals surface area contributed by atoms with Gasteiger partial charge < -0.3 is 20.1 Å². The summed E-state index contributed by atoms with van der Waals surface area (Å²) in [6.07, 6.45) is 1.60. The maximum absolute atomic E-state index is 12.2. The fraction of sp³-hybridized carbons (Fsp3) is 0.615. The molecule has 2 heterocycles. The molecule has 2 rings (SSSR count). The molecule has 8 heteroatoms. The molecule has 0 aliphatic carbocycles. The first-order valence-electron chi connectivity index (χ1n) is 6.80. The number of hydrogen-bond donors (Lipinski definition) is 2. The zero-order valence-electron chi connectivity index (χ0n) is 12.2. The van der Waals surface area contributed by atoms with E-state index >= 15 is 0 Å². The Hall–Kier alpha value is -2.09. The van der Waals surface area contributed by atoms with Crippen LogP contribution in [0.2, 0.25) is 0 Å². The Morgan fingerprint density at radius 3 is 2.95 bits per heavy atom. The number of carboxylic acid groups (broad SMARTS) is 1. The lowest BCUT2D eigenvalue weighted by Crippen LogP contribution is -2.53. The number of carboxylic acids is 1. The third-order valence-electron chi connectivity index (χ3n) is 3.67. The molecule has 116 valence electrons. The normalized spacial score (nSPS) is 18.6. The molecule has 8 nitrogen and oxygen atoms in total. The third-order valence-corrected chi connectivity index (χ3v) is 3.67. The predicted octanol–water partition coefficient (Wildman–Crippen LogP) is 0.114. The molecule has 1 unspecified atom stereocenters. The van der Waals surface area contributed by atoms with Crippen molar-refractivity contribution in [3.8, 4) is 0 Å². The van der Waals surface area contributed by atoms with Gasteiger partial charge in [0.15, 0.2) is 0 Å².